The first-order valence-electron chi connectivity index (χ1n) is 23.2. The summed E-state index contributed by atoms with van der Waals surface area (Å²) in [4.78, 5) is 103. The Morgan fingerprint density at radius 3 is 1.24 bits per heavy atom. The number of carbonyl (C=O) groups is 2. The number of nitrogen functional groups attached to an aromatic ring is 1. The van der Waals surface area contributed by atoms with E-state index in [9.17, 15) is 38.4 Å². The summed E-state index contributed by atoms with van der Waals surface area (Å²) >= 11 is 11.8. The maximum atomic E-state index is 12.5. The predicted octanol–water partition coefficient (Wildman–Crippen LogP) is 5.49. The van der Waals surface area contributed by atoms with Gasteiger partial charge in [0.2, 0.25) is 0 Å². The van der Waals surface area contributed by atoms with Gasteiger partial charge >= 0.3 is 107 Å². The predicted molar refractivity (Wildman–Crippen MR) is 335 cm³/mol. The van der Waals surface area contributed by atoms with E-state index in [0.29, 0.717) is 50.6 Å². The van der Waals surface area contributed by atoms with Crippen LogP contribution in [0.15, 0.2) is 202 Å². The van der Waals surface area contributed by atoms with Crippen molar-refractivity contribution in [1.82, 2.24) is 28.7 Å². The Morgan fingerprint density at radius 1 is 0.553 bits per heavy atom. The average Bonchev–Trinajstić information content (AvgIpc) is 2.05. The molecule has 7 aromatic carbocycles. The van der Waals surface area contributed by atoms with Crippen LogP contribution in [0.2, 0.25) is 0 Å². The second-order valence-corrected chi connectivity index (χ2v) is 35.6. The standard InChI is InChI=1S/C16H11N3O2.C16H12N2O4.C15H11BrN2O2.C7H6BrNO2.CN.Cu.I3.H2O4S/c17-9-12-6-7-14-13(8-12)15(20)19(16(21)18-14)10-11-4-2-1-3-5-11;19-14-12-8-11(15(20)21)6-7-13(12)17-16(22)18(14)9-10-4-2-1-3-5-10;16-11-6-7-13-12(8-11)14(19)18(15(20)17-13)9-10-4-2-1-3-5-10;8-4-1-2-6(9)5(3-4)7(10)11;1-2;;1-3-2;1-5(2,3)4/h1-8H,10H2,(H,18,21);1-8H,9H2,(H,17,22)(H,20,21);1-8H,9H2,(H,17,20);1-3H,9H2,(H,10,11);;;;(H2,1,2,3,4)/q;;;;-1;+1;-1;. The molecule has 0 aliphatic carbocycles. The molecule has 0 atom stereocenters. The summed E-state index contributed by atoms with van der Waals surface area (Å²) in [5.74, 6) is -2.13. The number of carboxylic acid groups (broad SMARTS) is 2. The molecule has 0 saturated carbocycles. The number of rotatable bonds is 8. The Balaban J connectivity index is 0.000000286. The number of hydrogen-bond acceptors (Lipinski definition) is 13. The van der Waals surface area contributed by atoms with E-state index in [-0.39, 0.29) is 64.5 Å². The van der Waals surface area contributed by atoms with Crippen LogP contribution in [0.25, 0.3) is 32.7 Å². The number of nitrogens with one attached hydrogen (secondary N) is 3. The van der Waals surface area contributed by atoms with Crippen molar-refractivity contribution in [3.05, 3.63) is 275 Å². The number of nitrogens with two attached hydrogens (primary N) is 1. The summed E-state index contributed by atoms with van der Waals surface area (Å²) in [5.41, 5.74) is 7.51. The van der Waals surface area contributed by atoms with Gasteiger partial charge < -0.3 is 42.7 Å². The summed E-state index contributed by atoms with van der Waals surface area (Å²) in [6.07, 6.45) is 0. The number of carboxylic acids is 2. The second-order valence-electron chi connectivity index (χ2n) is 16.6. The normalized spacial score (nSPS) is 10.1. The van der Waals surface area contributed by atoms with Crippen LogP contribution in [0.5, 0.6) is 0 Å². The van der Waals surface area contributed by atoms with Gasteiger partial charge in [-0.3, -0.25) is 37.2 Å². The number of fused-ring (bicyclic) bond motifs is 3. The smallest absolute Gasteiger partial charge is 0.512 e. The molecule has 0 radical (unpaired) electrons. The SMILES string of the molecule is I[I-]I.N#Cc1ccc2[nH]c(=O)n(Cc3ccccc3)c(=O)c2c1.Nc1ccc(Br)cc1C(=O)O.O=C(O)c1ccc2[nH]c(=O)n(Cc3ccccc3)c(=O)c2c1.O=S(=O)(O)O.O=c1[nH]c2ccc(Br)cc2c(=O)n1Cc1ccccc1.[C-]#N.[Cu+]. The molecule has 23 nitrogen and oxygen atoms in total. The Bertz CT molecular complexity index is 4520. The van der Waals surface area contributed by atoms with Crippen LogP contribution in [0.3, 0.4) is 0 Å². The molecule has 9 N–H and O–H groups in total. The summed E-state index contributed by atoms with van der Waals surface area (Å²) in [7, 11) is -4.67. The van der Waals surface area contributed by atoms with E-state index in [4.69, 9.17) is 50.6 Å². The van der Waals surface area contributed by atoms with Crippen molar-refractivity contribution >= 4 is 130 Å². The Labute approximate surface area is 537 Å². The third-order valence-electron chi connectivity index (χ3n) is 11.1. The molecule has 0 bridgehead atoms. The number of anilines is 1. The molecule has 10 rings (SSSR count). The fraction of sp³-hybridized carbons (Fsp3) is 0.0545. The molecular weight excluding hydrogens is 1650 g/mol. The molecule has 3 heterocycles. The molecule has 85 heavy (non-hydrogen) atoms. The molecule has 0 spiro atoms. The molecule has 0 fully saturated rings. The van der Waals surface area contributed by atoms with E-state index in [2.05, 4.69) is 84.0 Å². The van der Waals surface area contributed by atoms with Crippen molar-refractivity contribution in [2.24, 2.45) is 0 Å². The first kappa shape index (κ1) is 71.9. The van der Waals surface area contributed by atoms with Gasteiger partial charge in [-0.25, -0.2) is 24.0 Å². The number of aromatic nitrogens is 6. The molecule has 0 amide bonds. The number of aromatic carboxylic acids is 2. The van der Waals surface area contributed by atoms with Gasteiger partial charge in [0.15, 0.2) is 0 Å². The third-order valence-corrected chi connectivity index (χ3v) is 12.1. The fourth-order valence-corrected chi connectivity index (χ4v) is 8.09. The second kappa shape index (κ2) is 35.2. The van der Waals surface area contributed by atoms with Crippen LogP contribution < -0.4 is 52.7 Å². The van der Waals surface area contributed by atoms with Gasteiger partial charge in [-0.2, -0.15) is 13.7 Å². The van der Waals surface area contributed by atoms with Gasteiger partial charge in [-0.05, 0) is 89.5 Å². The zero-order chi connectivity index (χ0) is 62.3. The Hall–Kier alpha value is -7.38. The number of nitrogens with zero attached hydrogens (tertiary/aromatic N) is 5. The quantitative estimate of drug-likeness (QED) is 0.0306. The molecule has 30 heteroatoms. The van der Waals surface area contributed by atoms with Crippen molar-refractivity contribution in [3.63, 3.8) is 0 Å². The van der Waals surface area contributed by atoms with Crippen molar-refractivity contribution in [2.75, 3.05) is 5.73 Å². The minimum atomic E-state index is -4.67. The average molecular weight is 1690 g/mol. The molecule has 0 saturated heterocycles. The molecular formula is C55H42Br2CuI3N9O14S-. The van der Waals surface area contributed by atoms with E-state index in [1.54, 1.807) is 42.5 Å². The number of H-pyrrole nitrogens is 3. The van der Waals surface area contributed by atoms with Crippen LogP contribution in [0, 0.1) is 23.2 Å². The fourth-order valence-electron chi connectivity index (χ4n) is 7.37. The molecule has 0 unspecified atom stereocenters. The van der Waals surface area contributed by atoms with Gasteiger partial charge in [0.05, 0.1) is 75.1 Å². The molecule has 3 aromatic heterocycles. The van der Waals surface area contributed by atoms with Gasteiger partial charge in [0.1, 0.15) is 0 Å². The largest absolute Gasteiger partial charge is 1.00 e. The zero-order valence-electron chi connectivity index (χ0n) is 43.0. The third kappa shape index (κ3) is 22.2. The van der Waals surface area contributed by atoms with Crippen molar-refractivity contribution in [3.8, 4) is 6.07 Å². The maximum absolute atomic E-state index is 12.5. The van der Waals surface area contributed by atoms with Crippen LogP contribution in [0.4, 0.5) is 5.69 Å². The van der Waals surface area contributed by atoms with E-state index in [1.807, 2.05) is 97.1 Å². The van der Waals surface area contributed by atoms with Gasteiger partial charge in [-0.15, -0.1) is 0 Å². The van der Waals surface area contributed by atoms with Crippen molar-refractivity contribution in [2.45, 2.75) is 19.6 Å². The Morgan fingerprint density at radius 2 is 0.882 bits per heavy atom. The van der Waals surface area contributed by atoms with Gasteiger partial charge in [-0.1, -0.05) is 123 Å². The minimum absolute atomic E-state index is 0. The van der Waals surface area contributed by atoms with Crippen molar-refractivity contribution in [1.29, 1.82) is 10.5 Å². The van der Waals surface area contributed by atoms with Crippen LogP contribution in [-0.4, -0.2) is 68.3 Å². The maximum Gasteiger partial charge on any atom is 1.00 e. The number of aromatic amines is 3. The first-order chi connectivity index (χ1) is 39.9. The summed E-state index contributed by atoms with van der Waals surface area (Å²) < 4.78 is 36.5. The van der Waals surface area contributed by atoms with Crippen LogP contribution in [0.1, 0.15) is 43.0 Å². The van der Waals surface area contributed by atoms with E-state index in [1.165, 1.54) is 34.9 Å². The topological polar surface area (TPSA) is 387 Å². The van der Waals surface area contributed by atoms with Crippen LogP contribution in [-0.2, 0) is 47.1 Å². The van der Waals surface area contributed by atoms with E-state index >= 15 is 0 Å². The summed E-state index contributed by atoms with van der Waals surface area (Å²) in [6.45, 7) is 5.33. The molecule has 444 valence electrons. The molecule has 0 aliphatic heterocycles. The molecule has 0 aliphatic rings. The summed E-state index contributed by atoms with van der Waals surface area (Å²) in [5, 5.41) is 33.8. The number of hydrogen-bond donors (Lipinski definition) is 8. The number of nitriles is 1. The van der Waals surface area contributed by atoms with Crippen molar-refractivity contribution < 1.29 is 67.6 Å². The minimum Gasteiger partial charge on any atom is -0.512 e. The van der Waals surface area contributed by atoms with E-state index in [0.717, 1.165) is 30.3 Å². The molecule has 10 aromatic rings. The zero-order valence-corrected chi connectivity index (χ0v) is 54.4. The number of halogens is 5. The van der Waals surface area contributed by atoms with Gasteiger partial charge in [0, 0.05) is 14.6 Å². The Kier molecular flexibility index (Phi) is 29.7. The first-order valence-corrected chi connectivity index (χ1v) is 38.8. The van der Waals surface area contributed by atoms with Crippen LogP contribution >= 0.6 is 69.1 Å². The van der Waals surface area contributed by atoms with Gasteiger partial charge in [0.25, 0.3) is 16.7 Å². The number of benzene rings is 7. The summed E-state index contributed by atoms with van der Waals surface area (Å²) in [6, 6.07) is 48.4. The van der Waals surface area contributed by atoms with E-state index < -0.39 is 50.5 Å². The monoisotopic (exact) mass is 1690 g/mol.